The highest BCUT2D eigenvalue weighted by atomic mass is 16.2. The molecule has 0 aromatic heterocycles. The molecule has 1 amide bonds. The summed E-state index contributed by atoms with van der Waals surface area (Å²) in [6, 6.07) is 0.129. The molecule has 1 heterocycles. The van der Waals surface area contributed by atoms with Crippen LogP contribution in [0.25, 0.3) is 0 Å². The van der Waals surface area contributed by atoms with Crippen LogP contribution in [-0.4, -0.2) is 40.7 Å². The second-order valence-corrected chi connectivity index (χ2v) is 5.07. The van der Waals surface area contributed by atoms with E-state index in [2.05, 4.69) is 0 Å². The van der Waals surface area contributed by atoms with Crippen molar-refractivity contribution in [1.82, 2.24) is 9.80 Å². The van der Waals surface area contributed by atoms with Gasteiger partial charge in [-0.25, -0.2) is 0 Å². The first-order chi connectivity index (χ1) is 8.61. The van der Waals surface area contributed by atoms with Crippen LogP contribution in [0.4, 0.5) is 0 Å². The maximum atomic E-state index is 12.3. The Kier molecular flexibility index (Phi) is 3.59. The smallest absolute Gasteiger partial charge is 0.249 e. The van der Waals surface area contributed by atoms with Gasteiger partial charge < -0.3 is 15.5 Å². The van der Waals surface area contributed by atoms with Gasteiger partial charge in [-0.15, -0.1) is 0 Å². The first-order valence-corrected chi connectivity index (χ1v) is 6.68. The van der Waals surface area contributed by atoms with Crippen molar-refractivity contribution < 1.29 is 4.79 Å². The molecular formula is C13H22N4O. The number of hydrogen-bond acceptors (Lipinski definition) is 3. The molecule has 5 heteroatoms. The fraction of sp³-hybridized carbons (Fsp3) is 0.692. The van der Waals surface area contributed by atoms with Crippen molar-refractivity contribution in [2.45, 2.75) is 51.1 Å². The molecule has 0 aromatic rings. The van der Waals surface area contributed by atoms with E-state index in [0.29, 0.717) is 17.6 Å². The molecule has 1 saturated heterocycles. The molecule has 1 saturated carbocycles. The number of amides is 1. The van der Waals surface area contributed by atoms with Crippen LogP contribution in [0.1, 0.15) is 39.0 Å². The van der Waals surface area contributed by atoms with E-state index in [4.69, 9.17) is 11.1 Å². The van der Waals surface area contributed by atoms with Crippen LogP contribution in [0.15, 0.2) is 11.9 Å². The zero-order chi connectivity index (χ0) is 13.3. The summed E-state index contributed by atoms with van der Waals surface area (Å²) in [5, 5.41) is 8.31. The Hall–Kier alpha value is -1.52. The lowest BCUT2D eigenvalue weighted by Crippen LogP contribution is -2.59. The van der Waals surface area contributed by atoms with E-state index in [-0.39, 0.29) is 11.9 Å². The molecule has 2 rings (SSSR count). The van der Waals surface area contributed by atoms with E-state index in [1.807, 2.05) is 11.8 Å². The average Bonchev–Trinajstić information content (AvgIpc) is 2.87. The molecule has 100 valence electrons. The molecule has 1 aliphatic heterocycles. The predicted molar refractivity (Wildman–Crippen MR) is 70.9 cm³/mol. The number of piperazine rings is 1. The highest BCUT2D eigenvalue weighted by Crippen LogP contribution is 2.31. The zero-order valence-electron chi connectivity index (χ0n) is 11.1. The quantitative estimate of drug-likeness (QED) is 0.775. The average molecular weight is 250 g/mol. The Labute approximate surface area is 108 Å². The van der Waals surface area contributed by atoms with Crippen molar-refractivity contribution in [3.63, 3.8) is 0 Å². The summed E-state index contributed by atoms with van der Waals surface area (Å²) in [5.41, 5.74) is 6.10. The van der Waals surface area contributed by atoms with Crippen LogP contribution in [0.3, 0.4) is 0 Å². The molecule has 5 nitrogen and oxygen atoms in total. The third kappa shape index (κ3) is 1.87. The lowest BCUT2D eigenvalue weighted by Gasteiger charge is -2.44. The van der Waals surface area contributed by atoms with Crippen LogP contribution >= 0.6 is 0 Å². The van der Waals surface area contributed by atoms with Gasteiger partial charge in [0.25, 0.3) is 0 Å². The normalized spacial score (nSPS) is 28.6. The summed E-state index contributed by atoms with van der Waals surface area (Å²) in [4.78, 5) is 15.8. The van der Waals surface area contributed by atoms with E-state index in [9.17, 15) is 4.79 Å². The summed E-state index contributed by atoms with van der Waals surface area (Å²) < 4.78 is 0. The third-order valence-electron chi connectivity index (χ3n) is 4.08. The van der Waals surface area contributed by atoms with Gasteiger partial charge in [-0.2, -0.15) is 0 Å². The Balaban J connectivity index is 2.34. The van der Waals surface area contributed by atoms with E-state index in [1.54, 1.807) is 7.05 Å². The number of nitrogens with zero attached hydrogens (tertiary/aromatic N) is 2. The summed E-state index contributed by atoms with van der Waals surface area (Å²) in [5.74, 6) is 0.454. The number of carbonyl (C=O) groups excluding carboxylic acids is 1. The van der Waals surface area contributed by atoms with Gasteiger partial charge in [-0.3, -0.25) is 10.2 Å². The number of rotatable bonds is 2. The maximum absolute atomic E-state index is 12.3. The minimum Gasteiger partial charge on any atom is -0.403 e. The number of nitrogens with one attached hydrogen (secondary N) is 1. The predicted octanol–water partition coefficient (Wildman–Crippen LogP) is 1.26. The Morgan fingerprint density at radius 3 is 2.56 bits per heavy atom. The molecule has 0 aromatic carbocycles. The van der Waals surface area contributed by atoms with Crippen molar-refractivity contribution in [2.75, 3.05) is 7.05 Å². The number of amidine groups is 1. The second kappa shape index (κ2) is 5.00. The van der Waals surface area contributed by atoms with Gasteiger partial charge in [0.2, 0.25) is 5.91 Å². The highest BCUT2D eigenvalue weighted by Gasteiger charge is 2.41. The lowest BCUT2D eigenvalue weighted by molar-refractivity contribution is -0.134. The number of carbonyl (C=O) groups is 1. The molecule has 1 aliphatic carbocycles. The summed E-state index contributed by atoms with van der Waals surface area (Å²) in [7, 11) is 1.70. The molecule has 0 bridgehead atoms. The van der Waals surface area contributed by atoms with Crippen LogP contribution < -0.4 is 5.73 Å². The number of hydrogen-bond donors (Lipinski definition) is 2. The van der Waals surface area contributed by atoms with Crippen molar-refractivity contribution in [2.24, 2.45) is 5.73 Å². The van der Waals surface area contributed by atoms with Gasteiger partial charge in [0.05, 0.1) is 0 Å². The topological polar surface area (TPSA) is 73.4 Å². The highest BCUT2D eigenvalue weighted by molar-refractivity contribution is 6.05. The molecule has 1 atom stereocenters. The van der Waals surface area contributed by atoms with Crippen molar-refractivity contribution in [1.29, 1.82) is 5.41 Å². The molecule has 2 fully saturated rings. The van der Waals surface area contributed by atoms with E-state index >= 15 is 0 Å². The van der Waals surface area contributed by atoms with Gasteiger partial charge in [0.1, 0.15) is 17.6 Å². The molecule has 0 radical (unpaired) electrons. The third-order valence-corrected chi connectivity index (χ3v) is 4.08. The monoisotopic (exact) mass is 250 g/mol. The fourth-order valence-corrected chi connectivity index (χ4v) is 3.09. The number of likely N-dealkylation sites (N-methyl/N-ethyl adjacent to an activating group) is 1. The van der Waals surface area contributed by atoms with Crippen molar-refractivity contribution in [3.8, 4) is 0 Å². The molecule has 0 unspecified atom stereocenters. The SMILES string of the molecule is CC[C@@H]1C(=O)N(C)/C(=C/N)C(=N)N1C1CCCC1. The Morgan fingerprint density at radius 2 is 2.06 bits per heavy atom. The first kappa shape index (κ1) is 12.9. The van der Waals surface area contributed by atoms with Gasteiger partial charge in [0.15, 0.2) is 0 Å². The Morgan fingerprint density at radius 1 is 1.44 bits per heavy atom. The van der Waals surface area contributed by atoms with E-state index in [0.717, 1.165) is 19.3 Å². The first-order valence-electron chi connectivity index (χ1n) is 6.68. The molecular weight excluding hydrogens is 228 g/mol. The van der Waals surface area contributed by atoms with E-state index < -0.39 is 0 Å². The molecule has 3 N–H and O–H groups in total. The molecule has 2 aliphatic rings. The van der Waals surface area contributed by atoms with Crippen LogP contribution in [-0.2, 0) is 4.79 Å². The van der Waals surface area contributed by atoms with Gasteiger partial charge in [-0.1, -0.05) is 19.8 Å². The summed E-state index contributed by atoms with van der Waals surface area (Å²) >= 11 is 0. The van der Waals surface area contributed by atoms with Crippen LogP contribution in [0, 0.1) is 5.41 Å². The minimum absolute atomic E-state index is 0.0529. The standard InChI is InChI=1S/C13H22N4O/c1-3-10-13(18)16(2)11(8-14)12(15)17(10)9-6-4-5-7-9/h8-10,15H,3-7,14H2,1-2H3/b11-8+,15-12?/t10-/m1/s1. The summed E-state index contributed by atoms with van der Waals surface area (Å²) in [6.45, 7) is 2.00. The van der Waals surface area contributed by atoms with E-state index in [1.165, 1.54) is 23.9 Å². The zero-order valence-corrected chi connectivity index (χ0v) is 11.1. The Bertz CT molecular complexity index is 384. The lowest BCUT2D eigenvalue weighted by atomic mass is 10.0. The van der Waals surface area contributed by atoms with Crippen molar-refractivity contribution in [3.05, 3.63) is 11.9 Å². The second-order valence-electron chi connectivity index (χ2n) is 5.07. The number of nitrogens with two attached hydrogens (primary N) is 1. The molecule has 18 heavy (non-hydrogen) atoms. The van der Waals surface area contributed by atoms with Gasteiger partial charge >= 0.3 is 0 Å². The largest absolute Gasteiger partial charge is 0.403 e. The van der Waals surface area contributed by atoms with Gasteiger partial charge in [0, 0.05) is 19.3 Å². The molecule has 0 spiro atoms. The van der Waals surface area contributed by atoms with Gasteiger partial charge in [-0.05, 0) is 19.3 Å². The maximum Gasteiger partial charge on any atom is 0.249 e. The van der Waals surface area contributed by atoms with Crippen LogP contribution in [0.5, 0.6) is 0 Å². The fourth-order valence-electron chi connectivity index (χ4n) is 3.09. The van der Waals surface area contributed by atoms with Crippen molar-refractivity contribution >= 4 is 11.7 Å². The minimum atomic E-state index is -0.200. The summed E-state index contributed by atoms with van der Waals surface area (Å²) in [6.07, 6.45) is 6.64. The van der Waals surface area contributed by atoms with Crippen LogP contribution in [0.2, 0.25) is 0 Å².